The maximum atomic E-state index is 13.3. The number of ketones is 1. The van der Waals surface area contributed by atoms with E-state index in [0.717, 1.165) is 41.1 Å². The van der Waals surface area contributed by atoms with Crippen molar-refractivity contribution in [2.75, 3.05) is 25.7 Å². The highest BCUT2D eigenvalue weighted by atomic mass is 16.5. The number of Topliss-reactive ketones (excluding diaryl/α,β-unsaturated/α-hetero) is 1. The SMILES string of the molecule is COc1ccc([C@@H]2C3=C(CCCC3=O)N(c3ccc(C)cc3)C3=C2C(=O)OC3)cc1OC. The Kier molecular flexibility index (Phi) is 5.00. The second-order valence-corrected chi connectivity index (χ2v) is 8.29. The highest BCUT2D eigenvalue weighted by Crippen LogP contribution is 2.50. The standard InChI is InChI=1S/C26H25NO5/c1-15-7-10-17(11-8-15)27-18-5-4-6-20(28)24(18)23(25-19(27)14-32-26(25)29)16-9-12-21(30-2)22(13-16)31-3/h7-13,23H,4-6,14H2,1-3H3/t23-/m1/s1. The van der Waals surface area contributed by atoms with E-state index >= 15 is 0 Å². The first-order chi connectivity index (χ1) is 15.5. The highest BCUT2D eigenvalue weighted by molar-refractivity contribution is 6.06. The van der Waals surface area contributed by atoms with Gasteiger partial charge in [0, 0.05) is 29.3 Å². The Morgan fingerprint density at radius 3 is 2.38 bits per heavy atom. The van der Waals surface area contributed by atoms with Gasteiger partial charge in [-0.1, -0.05) is 23.8 Å². The third-order valence-corrected chi connectivity index (χ3v) is 6.45. The largest absolute Gasteiger partial charge is 0.493 e. The molecule has 0 unspecified atom stereocenters. The summed E-state index contributed by atoms with van der Waals surface area (Å²) < 4.78 is 16.4. The molecule has 2 aliphatic heterocycles. The van der Waals surface area contributed by atoms with Gasteiger partial charge in [0.15, 0.2) is 17.3 Å². The van der Waals surface area contributed by atoms with Gasteiger partial charge in [-0.05, 0) is 49.6 Å². The summed E-state index contributed by atoms with van der Waals surface area (Å²) >= 11 is 0. The summed E-state index contributed by atoms with van der Waals surface area (Å²) in [5.41, 5.74) is 5.90. The molecule has 6 nitrogen and oxygen atoms in total. The number of methoxy groups -OCH3 is 2. The lowest BCUT2D eigenvalue weighted by atomic mass is 9.74. The molecule has 164 valence electrons. The van der Waals surface area contributed by atoms with E-state index in [-0.39, 0.29) is 18.4 Å². The zero-order valence-corrected chi connectivity index (χ0v) is 18.4. The number of allylic oxidation sites excluding steroid dienone is 2. The van der Waals surface area contributed by atoms with Gasteiger partial charge in [-0.3, -0.25) is 4.79 Å². The van der Waals surface area contributed by atoms with E-state index in [1.807, 2.05) is 49.4 Å². The van der Waals surface area contributed by atoms with Crippen LogP contribution in [0.4, 0.5) is 5.69 Å². The number of nitrogens with zero attached hydrogens (tertiary/aromatic N) is 1. The average Bonchev–Trinajstić information content (AvgIpc) is 3.19. The summed E-state index contributed by atoms with van der Waals surface area (Å²) in [6.45, 7) is 2.23. The van der Waals surface area contributed by atoms with Crippen LogP contribution in [0.1, 0.15) is 36.3 Å². The van der Waals surface area contributed by atoms with Gasteiger partial charge in [0.2, 0.25) is 0 Å². The molecule has 6 heteroatoms. The number of ether oxygens (including phenoxy) is 3. The van der Waals surface area contributed by atoms with Crippen molar-refractivity contribution in [1.82, 2.24) is 0 Å². The zero-order valence-electron chi connectivity index (χ0n) is 18.4. The summed E-state index contributed by atoms with van der Waals surface area (Å²) in [5, 5.41) is 0. The van der Waals surface area contributed by atoms with Gasteiger partial charge in [-0.25, -0.2) is 4.79 Å². The van der Waals surface area contributed by atoms with E-state index in [2.05, 4.69) is 4.90 Å². The molecule has 5 rings (SSSR count). The fourth-order valence-electron chi connectivity index (χ4n) is 4.96. The lowest BCUT2D eigenvalue weighted by molar-refractivity contribution is -0.136. The second-order valence-electron chi connectivity index (χ2n) is 8.29. The van der Waals surface area contributed by atoms with Crippen molar-refractivity contribution < 1.29 is 23.8 Å². The molecular formula is C26H25NO5. The number of aryl methyl sites for hydroxylation is 1. The first kappa shape index (κ1) is 20.4. The smallest absolute Gasteiger partial charge is 0.337 e. The van der Waals surface area contributed by atoms with E-state index in [1.54, 1.807) is 14.2 Å². The minimum absolute atomic E-state index is 0.0781. The molecule has 0 aromatic heterocycles. The van der Waals surface area contributed by atoms with Crippen LogP contribution in [0.3, 0.4) is 0 Å². The first-order valence-corrected chi connectivity index (χ1v) is 10.8. The molecule has 32 heavy (non-hydrogen) atoms. The van der Waals surface area contributed by atoms with E-state index in [0.29, 0.717) is 29.1 Å². The number of carbonyl (C=O) groups is 2. The van der Waals surface area contributed by atoms with E-state index in [4.69, 9.17) is 14.2 Å². The Balaban J connectivity index is 1.74. The molecule has 0 N–H and O–H groups in total. The van der Waals surface area contributed by atoms with Crippen molar-refractivity contribution >= 4 is 17.4 Å². The van der Waals surface area contributed by atoms with Crippen LogP contribution in [-0.4, -0.2) is 32.6 Å². The molecule has 3 aliphatic rings. The third-order valence-electron chi connectivity index (χ3n) is 6.45. The van der Waals surface area contributed by atoms with Crippen LogP contribution >= 0.6 is 0 Å². The summed E-state index contributed by atoms with van der Waals surface area (Å²) in [5.74, 6) is 0.381. The first-order valence-electron chi connectivity index (χ1n) is 10.8. The van der Waals surface area contributed by atoms with Crippen molar-refractivity contribution in [2.24, 2.45) is 0 Å². The molecule has 0 radical (unpaired) electrons. The second kappa shape index (κ2) is 7.86. The van der Waals surface area contributed by atoms with Gasteiger partial charge in [0.05, 0.1) is 25.5 Å². The van der Waals surface area contributed by atoms with Crippen molar-refractivity contribution in [3.63, 3.8) is 0 Å². The van der Waals surface area contributed by atoms with Crippen molar-refractivity contribution in [3.8, 4) is 11.5 Å². The predicted molar refractivity (Wildman–Crippen MR) is 120 cm³/mol. The Bertz CT molecular complexity index is 1180. The quantitative estimate of drug-likeness (QED) is 0.667. The number of anilines is 1. The van der Waals surface area contributed by atoms with E-state index in [1.165, 1.54) is 0 Å². The number of esters is 1. The molecule has 2 aromatic carbocycles. The maximum Gasteiger partial charge on any atom is 0.337 e. The average molecular weight is 431 g/mol. The van der Waals surface area contributed by atoms with Crippen LogP contribution in [0.15, 0.2) is 65.0 Å². The van der Waals surface area contributed by atoms with Gasteiger partial charge in [-0.2, -0.15) is 0 Å². The van der Waals surface area contributed by atoms with Gasteiger partial charge in [0.1, 0.15) is 6.61 Å². The normalized spacial score (nSPS) is 20.2. The van der Waals surface area contributed by atoms with Crippen LogP contribution in [0.2, 0.25) is 0 Å². The number of hydrogen-bond acceptors (Lipinski definition) is 6. The van der Waals surface area contributed by atoms with Crippen LogP contribution in [-0.2, 0) is 14.3 Å². The predicted octanol–water partition coefficient (Wildman–Crippen LogP) is 4.43. The minimum atomic E-state index is -0.482. The lowest BCUT2D eigenvalue weighted by Gasteiger charge is -2.39. The van der Waals surface area contributed by atoms with Crippen LogP contribution < -0.4 is 14.4 Å². The van der Waals surface area contributed by atoms with E-state index in [9.17, 15) is 9.59 Å². The summed E-state index contributed by atoms with van der Waals surface area (Å²) in [4.78, 5) is 28.4. The van der Waals surface area contributed by atoms with Crippen LogP contribution in [0, 0.1) is 6.92 Å². The zero-order chi connectivity index (χ0) is 22.4. The Morgan fingerprint density at radius 2 is 1.66 bits per heavy atom. The number of benzene rings is 2. The van der Waals surface area contributed by atoms with E-state index < -0.39 is 5.92 Å². The molecule has 0 saturated heterocycles. The molecule has 0 bridgehead atoms. The number of carbonyl (C=O) groups excluding carboxylic acids is 2. The molecule has 1 aliphatic carbocycles. The van der Waals surface area contributed by atoms with Crippen LogP contribution in [0.25, 0.3) is 0 Å². The summed E-state index contributed by atoms with van der Waals surface area (Å²) in [6.07, 6.45) is 2.03. The molecule has 2 heterocycles. The monoisotopic (exact) mass is 431 g/mol. The number of rotatable bonds is 4. The van der Waals surface area contributed by atoms with Crippen molar-refractivity contribution in [1.29, 1.82) is 0 Å². The Hall–Kier alpha value is -3.54. The van der Waals surface area contributed by atoms with Gasteiger partial charge in [-0.15, -0.1) is 0 Å². The molecule has 2 aromatic rings. The minimum Gasteiger partial charge on any atom is -0.493 e. The topological polar surface area (TPSA) is 65.1 Å². The van der Waals surface area contributed by atoms with Gasteiger partial charge in [0.25, 0.3) is 0 Å². The van der Waals surface area contributed by atoms with Crippen LogP contribution in [0.5, 0.6) is 11.5 Å². The molecule has 1 atom stereocenters. The number of cyclic esters (lactones) is 1. The third kappa shape index (κ3) is 3.09. The van der Waals surface area contributed by atoms with Gasteiger partial charge >= 0.3 is 5.97 Å². The molecule has 0 amide bonds. The molecule has 0 spiro atoms. The fourth-order valence-corrected chi connectivity index (χ4v) is 4.96. The number of hydrogen-bond donors (Lipinski definition) is 0. The fraction of sp³-hybridized carbons (Fsp3) is 0.308. The summed E-state index contributed by atoms with van der Waals surface area (Å²) in [6, 6.07) is 13.7. The van der Waals surface area contributed by atoms with Crippen molar-refractivity contribution in [2.45, 2.75) is 32.1 Å². The summed E-state index contributed by atoms with van der Waals surface area (Å²) in [7, 11) is 3.16. The van der Waals surface area contributed by atoms with Crippen molar-refractivity contribution in [3.05, 3.63) is 76.1 Å². The molecule has 0 saturated carbocycles. The molecule has 0 fully saturated rings. The molecular weight excluding hydrogens is 406 g/mol. The Morgan fingerprint density at radius 1 is 0.906 bits per heavy atom. The highest BCUT2D eigenvalue weighted by Gasteiger charge is 2.46. The maximum absolute atomic E-state index is 13.3. The Labute approximate surface area is 187 Å². The van der Waals surface area contributed by atoms with Gasteiger partial charge < -0.3 is 19.1 Å². The lowest BCUT2D eigenvalue weighted by Crippen LogP contribution is -2.36.